The molecule has 0 fully saturated rings. The maximum atomic E-state index is 10.9. The van der Waals surface area contributed by atoms with Crippen molar-refractivity contribution in [3.63, 3.8) is 0 Å². The minimum absolute atomic E-state index is 0.0278. The fourth-order valence-electron chi connectivity index (χ4n) is 3.14. The summed E-state index contributed by atoms with van der Waals surface area (Å²) in [6.07, 6.45) is 6.85. The van der Waals surface area contributed by atoms with Crippen molar-refractivity contribution >= 4 is 22.3 Å². The molecule has 0 spiro atoms. The molecule has 5 heteroatoms. The molecule has 0 aliphatic heterocycles. The number of carbonyl (C=O) groups is 1. The van der Waals surface area contributed by atoms with Crippen molar-refractivity contribution in [3.05, 3.63) is 46.6 Å². The highest BCUT2D eigenvalue weighted by molar-refractivity contribution is 7.15. The first-order valence-corrected chi connectivity index (χ1v) is 8.38. The SMILES string of the molecule is O=C(O)Cc1csc2nc(-c3ccc4c(c3)CCCC4)cn12. The standard InChI is InChI=1S/C17H16N2O2S/c20-16(21)8-14-10-22-17-18-15(9-19(14)17)13-6-5-11-3-1-2-4-12(11)7-13/h5-7,9-10H,1-4,8H2,(H,20,21). The number of aromatic nitrogens is 2. The van der Waals surface area contributed by atoms with Crippen molar-refractivity contribution in [3.8, 4) is 11.3 Å². The second kappa shape index (κ2) is 5.25. The van der Waals surface area contributed by atoms with Crippen molar-refractivity contribution in [1.29, 1.82) is 0 Å². The van der Waals surface area contributed by atoms with Gasteiger partial charge in [0.2, 0.25) is 0 Å². The van der Waals surface area contributed by atoms with Crippen LogP contribution in [0.3, 0.4) is 0 Å². The number of aryl methyl sites for hydroxylation is 2. The van der Waals surface area contributed by atoms with Gasteiger partial charge < -0.3 is 5.11 Å². The number of nitrogens with zero attached hydrogens (tertiary/aromatic N) is 2. The van der Waals surface area contributed by atoms with Crippen LogP contribution in [0.5, 0.6) is 0 Å². The lowest BCUT2D eigenvalue weighted by molar-refractivity contribution is -0.136. The smallest absolute Gasteiger partial charge is 0.309 e. The molecule has 4 nitrogen and oxygen atoms in total. The molecule has 3 aromatic rings. The molecule has 1 aromatic carbocycles. The molecule has 0 unspecified atom stereocenters. The van der Waals surface area contributed by atoms with Gasteiger partial charge >= 0.3 is 5.97 Å². The van der Waals surface area contributed by atoms with Gasteiger partial charge in [-0.05, 0) is 42.9 Å². The summed E-state index contributed by atoms with van der Waals surface area (Å²) in [4.78, 5) is 16.4. The van der Waals surface area contributed by atoms with Gasteiger partial charge in [-0.25, -0.2) is 4.98 Å². The van der Waals surface area contributed by atoms with Gasteiger partial charge in [-0.3, -0.25) is 9.20 Å². The highest BCUT2D eigenvalue weighted by atomic mass is 32.1. The van der Waals surface area contributed by atoms with Gasteiger partial charge in [0, 0.05) is 22.8 Å². The van der Waals surface area contributed by atoms with E-state index in [2.05, 4.69) is 23.2 Å². The lowest BCUT2D eigenvalue weighted by atomic mass is 9.90. The number of benzene rings is 1. The van der Waals surface area contributed by atoms with Gasteiger partial charge in [0.15, 0.2) is 4.96 Å². The second-order valence-corrected chi connectivity index (χ2v) is 6.60. The van der Waals surface area contributed by atoms with Crippen LogP contribution in [-0.2, 0) is 24.1 Å². The first kappa shape index (κ1) is 13.5. The highest BCUT2D eigenvalue weighted by Gasteiger charge is 2.14. The first-order valence-electron chi connectivity index (χ1n) is 7.50. The molecule has 112 valence electrons. The molecular weight excluding hydrogens is 296 g/mol. The van der Waals surface area contributed by atoms with Crippen LogP contribution in [0.25, 0.3) is 16.2 Å². The number of carboxylic acid groups (broad SMARTS) is 1. The molecule has 0 bridgehead atoms. The number of imidazole rings is 1. The summed E-state index contributed by atoms with van der Waals surface area (Å²) >= 11 is 1.49. The van der Waals surface area contributed by atoms with Crippen LogP contribution in [0.1, 0.15) is 29.7 Å². The maximum Gasteiger partial charge on any atom is 0.309 e. The van der Waals surface area contributed by atoms with Crippen molar-refractivity contribution in [2.45, 2.75) is 32.1 Å². The molecule has 2 heterocycles. The van der Waals surface area contributed by atoms with E-state index in [9.17, 15) is 4.79 Å². The van der Waals surface area contributed by atoms with Crippen molar-refractivity contribution in [1.82, 2.24) is 9.38 Å². The summed E-state index contributed by atoms with van der Waals surface area (Å²) in [5.41, 5.74) is 5.72. The number of thiazole rings is 1. The Morgan fingerprint density at radius 2 is 2.09 bits per heavy atom. The van der Waals surface area contributed by atoms with Gasteiger partial charge in [0.05, 0.1) is 12.1 Å². The Labute approximate surface area is 132 Å². The van der Waals surface area contributed by atoms with E-state index in [1.807, 2.05) is 16.0 Å². The molecule has 1 aliphatic rings. The minimum Gasteiger partial charge on any atom is -0.481 e. The Kier molecular flexibility index (Phi) is 3.22. The van der Waals surface area contributed by atoms with Crippen LogP contribution < -0.4 is 0 Å². The second-order valence-electron chi connectivity index (χ2n) is 5.77. The summed E-state index contributed by atoms with van der Waals surface area (Å²) in [5, 5.41) is 10.8. The predicted molar refractivity (Wildman–Crippen MR) is 86.5 cm³/mol. The Morgan fingerprint density at radius 3 is 2.91 bits per heavy atom. The molecule has 2 aromatic heterocycles. The van der Waals surface area contributed by atoms with Gasteiger partial charge in [-0.2, -0.15) is 0 Å². The third kappa shape index (κ3) is 2.31. The monoisotopic (exact) mass is 312 g/mol. The molecular formula is C17H16N2O2S. The lowest BCUT2D eigenvalue weighted by Gasteiger charge is -2.15. The van der Waals surface area contributed by atoms with E-state index in [1.165, 1.54) is 41.7 Å². The molecule has 0 saturated heterocycles. The number of carboxylic acids is 1. The summed E-state index contributed by atoms with van der Waals surface area (Å²) in [7, 11) is 0. The van der Waals surface area contributed by atoms with Crippen molar-refractivity contribution in [2.24, 2.45) is 0 Å². The average Bonchev–Trinajstić information content (AvgIpc) is 3.08. The third-order valence-corrected chi connectivity index (χ3v) is 5.15. The van der Waals surface area contributed by atoms with E-state index in [-0.39, 0.29) is 6.42 Å². The highest BCUT2D eigenvalue weighted by Crippen LogP contribution is 2.28. The molecule has 0 atom stereocenters. The summed E-state index contributed by atoms with van der Waals surface area (Å²) in [6.45, 7) is 0. The maximum absolute atomic E-state index is 10.9. The van der Waals surface area contributed by atoms with Crippen LogP contribution >= 0.6 is 11.3 Å². The topological polar surface area (TPSA) is 54.6 Å². The average molecular weight is 312 g/mol. The first-order chi connectivity index (χ1) is 10.7. The van der Waals surface area contributed by atoms with Gasteiger partial charge in [-0.15, -0.1) is 11.3 Å². The molecule has 0 saturated carbocycles. The van der Waals surface area contributed by atoms with E-state index >= 15 is 0 Å². The van der Waals surface area contributed by atoms with Crippen LogP contribution in [-0.4, -0.2) is 20.5 Å². The van der Waals surface area contributed by atoms with E-state index in [0.717, 1.165) is 28.3 Å². The van der Waals surface area contributed by atoms with Crippen LogP contribution in [0.2, 0.25) is 0 Å². The molecule has 22 heavy (non-hydrogen) atoms. The predicted octanol–water partition coefficient (Wildman–Crippen LogP) is 3.57. The number of hydrogen-bond acceptors (Lipinski definition) is 3. The Morgan fingerprint density at radius 1 is 1.27 bits per heavy atom. The fourth-order valence-corrected chi connectivity index (χ4v) is 4.02. The number of fused-ring (bicyclic) bond motifs is 2. The molecule has 0 amide bonds. The Balaban J connectivity index is 1.74. The zero-order valence-electron chi connectivity index (χ0n) is 12.1. The molecule has 1 aliphatic carbocycles. The summed E-state index contributed by atoms with van der Waals surface area (Å²) in [5.74, 6) is -0.816. The van der Waals surface area contributed by atoms with Crippen LogP contribution in [0.4, 0.5) is 0 Å². The van der Waals surface area contributed by atoms with Gasteiger partial charge in [-0.1, -0.05) is 12.1 Å². The van der Waals surface area contributed by atoms with Crippen molar-refractivity contribution < 1.29 is 9.90 Å². The zero-order valence-corrected chi connectivity index (χ0v) is 12.9. The van der Waals surface area contributed by atoms with Crippen LogP contribution in [0.15, 0.2) is 29.8 Å². The Hall–Kier alpha value is -2.14. The fraction of sp³-hybridized carbons (Fsp3) is 0.294. The molecule has 0 radical (unpaired) electrons. The quantitative estimate of drug-likeness (QED) is 0.804. The van der Waals surface area contributed by atoms with Crippen molar-refractivity contribution in [2.75, 3.05) is 0 Å². The summed E-state index contributed by atoms with van der Waals surface area (Å²) in [6, 6.07) is 6.60. The van der Waals surface area contributed by atoms with Gasteiger partial charge in [0.25, 0.3) is 0 Å². The number of rotatable bonds is 3. The minimum atomic E-state index is -0.816. The number of aliphatic carboxylic acids is 1. The Bertz CT molecular complexity index is 863. The van der Waals surface area contributed by atoms with Crippen LogP contribution in [0, 0.1) is 0 Å². The van der Waals surface area contributed by atoms with E-state index in [1.54, 1.807) is 0 Å². The number of hydrogen-bond donors (Lipinski definition) is 1. The van der Waals surface area contributed by atoms with E-state index in [4.69, 9.17) is 5.11 Å². The van der Waals surface area contributed by atoms with E-state index in [0.29, 0.717) is 0 Å². The normalized spacial score (nSPS) is 14.2. The third-order valence-electron chi connectivity index (χ3n) is 4.26. The molecule has 4 rings (SSSR count). The zero-order chi connectivity index (χ0) is 15.1. The summed E-state index contributed by atoms with van der Waals surface area (Å²) < 4.78 is 1.90. The largest absolute Gasteiger partial charge is 0.481 e. The van der Waals surface area contributed by atoms with Gasteiger partial charge in [0.1, 0.15) is 0 Å². The lowest BCUT2D eigenvalue weighted by Crippen LogP contribution is -2.02. The van der Waals surface area contributed by atoms with E-state index < -0.39 is 5.97 Å². The molecule has 1 N–H and O–H groups in total.